The molecule has 90 valence electrons. The molecule has 0 aliphatic rings. The van der Waals surface area contributed by atoms with E-state index in [0.717, 1.165) is 8.66 Å². The Balaban J connectivity index is 2.59. The number of ether oxygens (including phenoxy) is 1. The summed E-state index contributed by atoms with van der Waals surface area (Å²) in [6.45, 7) is 3.14. The zero-order chi connectivity index (χ0) is 12.1. The minimum Gasteiger partial charge on any atom is -0.383 e. The number of thiophene rings is 1. The van der Waals surface area contributed by atoms with Crippen LogP contribution in [0.1, 0.15) is 17.7 Å². The minimum absolute atomic E-state index is 0.0850. The lowest BCUT2D eigenvalue weighted by atomic mass is 10.1. The maximum Gasteiger partial charge on any atom is 0.230 e. The third-order valence-corrected chi connectivity index (χ3v) is 4.20. The second kappa shape index (κ2) is 6.37. The Morgan fingerprint density at radius 3 is 2.81 bits per heavy atom. The summed E-state index contributed by atoms with van der Waals surface area (Å²) in [6.07, 6.45) is 0. The number of nitrogens with zero attached hydrogens (tertiary/aromatic N) is 1. The average Bonchev–Trinajstić information content (AvgIpc) is 2.70. The Bertz CT molecular complexity index is 354. The Hall–Kier alpha value is -0.390. The molecule has 1 atom stereocenters. The third-order valence-electron chi connectivity index (χ3n) is 2.40. The summed E-state index contributed by atoms with van der Waals surface area (Å²) < 4.78 is 6.01. The molecular weight excluding hydrogens is 290 g/mol. The van der Waals surface area contributed by atoms with E-state index < -0.39 is 0 Å². The van der Waals surface area contributed by atoms with E-state index in [2.05, 4.69) is 15.9 Å². The molecule has 0 aromatic carbocycles. The molecule has 0 radical (unpaired) electrons. The fourth-order valence-corrected chi connectivity index (χ4v) is 2.82. The van der Waals surface area contributed by atoms with Crippen molar-refractivity contribution < 1.29 is 9.53 Å². The largest absolute Gasteiger partial charge is 0.383 e. The van der Waals surface area contributed by atoms with Crippen molar-refractivity contribution in [3.05, 3.63) is 20.8 Å². The summed E-state index contributed by atoms with van der Waals surface area (Å²) in [5.74, 6) is 0.0459. The molecule has 0 aliphatic heterocycles. The van der Waals surface area contributed by atoms with Crippen molar-refractivity contribution in [3.63, 3.8) is 0 Å². The van der Waals surface area contributed by atoms with Gasteiger partial charge in [0.1, 0.15) is 0 Å². The second-order valence-corrected chi connectivity index (χ2v) is 6.11. The molecule has 0 N–H and O–H groups in total. The number of carbonyl (C=O) groups is 1. The van der Waals surface area contributed by atoms with E-state index in [0.29, 0.717) is 13.2 Å². The van der Waals surface area contributed by atoms with Crippen LogP contribution in [0.3, 0.4) is 0 Å². The van der Waals surface area contributed by atoms with Gasteiger partial charge in [-0.1, -0.05) is 0 Å². The van der Waals surface area contributed by atoms with Crippen molar-refractivity contribution >= 4 is 33.2 Å². The van der Waals surface area contributed by atoms with Crippen LogP contribution in [0.2, 0.25) is 0 Å². The molecular formula is C11H16BrNO2S. The zero-order valence-corrected chi connectivity index (χ0v) is 12.1. The Morgan fingerprint density at radius 2 is 2.31 bits per heavy atom. The van der Waals surface area contributed by atoms with Crippen molar-refractivity contribution in [2.75, 3.05) is 27.3 Å². The van der Waals surface area contributed by atoms with Crippen LogP contribution in [0.25, 0.3) is 0 Å². The zero-order valence-electron chi connectivity index (χ0n) is 9.70. The van der Waals surface area contributed by atoms with Gasteiger partial charge in [-0.25, -0.2) is 0 Å². The first-order valence-electron chi connectivity index (χ1n) is 5.05. The quantitative estimate of drug-likeness (QED) is 0.837. The lowest BCUT2D eigenvalue weighted by Crippen LogP contribution is -2.32. The summed E-state index contributed by atoms with van der Waals surface area (Å²) in [5.41, 5.74) is 0. The molecule has 16 heavy (non-hydrogen) atoms. The Labute approximate surface area is 109 Å². The second-order valence-electron chi connectivity index (χ2n) is 3.62. The first kappa shape index (κ1) is 13.7. The first-order chi connectivity index (χ1) is 7.56. The van der Waals surface area contributed by atoms with Gasteiger partial charge in [0, 0.05) is 25.6 Å². The van der Waals surface area contributed by atoms with E-state index >= 15 is 0 Å². The van der Waals surface area contributed by atoms with Gasteiger partial charge < -0.3 is 9.64 Å². The lowest BCUT2D eigenvalue weighted by Gasteiger charge is -2.20. The van der Waals surface area contributed by atoms with Gasteiger partial charge in [0.05, 0.1) is 16.3 Å². The normalized spacial score (nSPS) is 12.5. The predicted octanol–water partition coefficient (Wildman–Crippen LogP) is 2.72. The highest BCUT2D eigenvalue weighted by molar-refractivity contribution is 9.11. The van der Waals surface area contributed by atoms with Crippen molar-refractivity contribution in [2.24, 2.45) is 0 Å². The number of likely N-dealkylation sites (N-methyl/N-ethyl adjacent to an activating group) is 1. The van der Waals surface area contributed by atoms with Crippen LogP contribution in [0, 0.1) is 0 Å². The highest BCUT2D eigenvalue weighted by Crippen LogP contribution is 2.29. The average molecular weight is 306 g/mol. The van der Waals surface area contributed by atoms with Gasteiger partial charge in [-0.15, -0.1) is 11.3 Å². The van der Waals surface area contributed by atoms with Crippen LogP contribution in [0.15, 0.2) is 15.9 Å². The van der Waals surface area contributed by atoms with Gasteiger partial charge in [-0.3, -0.25) is 4.79 Å². The standard InChI is InChI=1S/C11H16BrNO2S/c1-8(9-4-5-10(12)16-9)11(14)13(2)6-7-15-3/h4-5,8H,6-7H2,1-3H3. The van der Waals surface area contributed by atoms with Crippen LogP contribution in [0.4, 0.5) is 0 Å². The van der Waals surface area contributed by atoms with Crippen LogP contribution >= 0.6 is 27.3 Å². The minimum atomic E-state index is -0.0850. The van der Waals surface area contributed by atoms with Crippen molar-refractivity contribution in [1.29, 1.82) is 0 Å². The molecule has 0 aliphatic carbocycles. The Kier molecular flexibility index (Phi) is 5.44. The third kappa shape index (κ3) is 3.57. The van der Waals surface area contributed by atoms with E-state index in [1.54, 1.807) is 30.4 Å². The van der Waals surface area contributed by atoms with Gasteiger partial charge in [-0.05, 0) is 35.0 Å². The van der Waals surface area contributed by atoms with E-state index in [9.17, 15) is 4.79 Å². The fraction of sp³-hybridized carbons (Fsp3) is 0.545. The molecule has 0 spiro atoms. The molecule has 1 amide bonds. The lowest BCUT2D eigenvalue weighted by molar-refractivity contribution is -0.131. The number of amides is 1. The smallest absolute Gasteiger partial charge is 0.230 e. The molecule has 0 saturated heterocycles. The number of rotatable bonds is 5. The van der Waals surface area contributed by atoms with Gasteiger partial charge in [-0.2, -0.15) is 0 Å². The van der Waals surface area contributed by atoms with Crippen molar-refractivity contribution in [2.45, 2.75) is 12.8 Å². The summed E-state index contributed by atoms with van der Waals surface area (Å²) in [7, 11) is 3.44. The molecule has 1 heterocycles. The van der Waals surface area contributed by atoms with Gasteiger partial charge in [0.15, 0.2) is 0 Å². The fourth-order valence-electron chi connectivity index (χ4n) is 1.35. The number of halogens is 1. The van der Waals surface area contributed by atoms with Crippen LogP contribution in [0.5, 0.6) is 0 Å². The summed E-state index contributed by atoms with van der Waals surface area (Å²) in [6, 6.07) is 3.96. The molecule has 0 fully saturated rings. The monoisotopic (exact) mass is 305 g/mol. The predicted molar refractivity (Wildman–Crippen MR) is 69.9 cm³/mol. The molecule has 1 aromatic heterocycles. The van der Waals surface area contributed by atoms with E-state index in [-0.39, 0.29) is 11.8 Å². The van der Waals surface area contributed by atoms with E-state index in [1.165, 1.54) is 0 Å². The molecule has 0 bridgehead atoms. The topological polar surface area (TPSA) is 29.5 Å². The van der Waals surface area contributed by atoms with E-state index in [4.69, 9.17) is 4.74 Å². The molecule has 1 unspecified atom stereocenters. The number of methoxy groups -OCH3 is 1. The highest BCUT2D eigenvalue weighted by Gasteiger charge is 2.20. The van der Waals surface area contributed by atoms with Crippen LogP contribution < -0.4 is 0 Å². The first-order valence-corrected chi connectivity index (χ1v) is 6.66. The number of hydrogen-bond acceptors (Lipinski definition) is 3. The van der Waals surface area contributed by atoms with Gasteiger partial charge in [0.2, 0.25) is 5.91 Å². The maximum atomic E-state index is 12.0. The van der Waals surface area contributed by atoms with Gasteiger partial charge in [0.25, 0.3) is 0 Å². The van der Waals surface area contributed by atoms with Crippen molar-refractivity contribution in [1.82, 2.24) is 4.90 Å². The Morgan fingerprint density at radius 1 is 1.62 bits per heavy atom. The van der Waals surface area contributed by atoms with E-state index in [1.807, 2.05) is 19.1 Å². The number of hydrogen-bond donors (Lipinski definition) is 0. The van der Waals surface area contributed by atoms with Crippen LogP contribution in [-0.2, 0) is 9.53 Å². The molecule has 0 saturated carbocycles. The molecule has 1 aromatic rings. The van der Waals surface area contributed by atoms with Gasteiger partial charge >= 0.3 is 0 Å². The number of carbonyl (C=O) groups excluding carboxylic acids is 1. The van der Waals surface area contributed by atoms with Crippen molar-refractivity contribution in [3.8, 4) is 0 Å². The summed E-state index contributed by atoms with van der Waals surface area (Å²) in [4.78, 5) is 14.8. The maximum absolute atomic E-state index is 12.0. The highest BCUT2D eigenvalue weighted by atomic mass is 79.9. The molecule has 3 nitrogen and oxygen atoms in total. The molecule has 1 rings (SSSR count). The SMILES string of the molecule is COCCN(C)C(=O)C(C)c1ccc(Br)s1. The summed E-state index contributed by atoms with van der Waals surface area (Å²) in [5, 5.41) is 0. The van der Waals surface area contributed by atoms with Crippen LogP contribution in [-0.4, -0.2) is 38.1 Å². The summed E-state index contributed by atoms with van der Waals surface area (Å²) >= 11 is 5.01. The molecule has 5 heteroatoms.